The molecule has 0 radical (unpaired) electrons. The van der Waals surface area contributed by atoms with Gasteiger partial charge in [-0.2, -0.15) is 0 Å². The van der Waals surface area contributed by atoms with Crippen LogP contribution in [0.1, 0.15) is 41.0 Å². The normalized spacial score (nSPS) is 12.5. The third kappa shape index (κ3) is 6.96. The van der Waals surface area contributed by atoms with Crippen LogP contribution in [0.3, 0.4) is 0 Å². The Bertz CT molecular complexity index is 241. The van der Waals surface area contributed by atoms with E-state index < -0.39 is 11.7 Å². The molecule has 1 amide bonds. The minimum absolute atomic E-state index is 0.477. The van der Waals surface area contributed by atoms with Crippen molar-refractivity contribution in [3.8, 4) is 0 Å². The standard InChI is InChI=1S/C11H22N2O2/c1-6-9(2)7-8-13(12)10(14)15-11(3,4)5/h6H,7-8,12H2,1-5H3/b9-6-. The van der Waals surface area contributed by atoms with E-state index in [4.69, 9.17) is 10.6 Å². The van der Waals surface area contributed by atoms with Gasteiger partial charge in [0, 0.05) is 6.54 Å². The molecule has 0 rings (SSSR count). The highest BCUT2D eigenvalue weighted by atomic mass is 16.6. The van der Waals surface area contributed by atoms with E-state index in [0.29, 0.717) is 6.54 Å². The van der Waals surface area contributed by atoms with Gasteiger partial charge in [0.05, 0.1) is 0 Å². The maximum absolute atomic E-state index is 11.4. The number of ether oxygens (including phenoxy) is 1. The monoisotopic (exact) mass is 214 g/mol. The van der Waals surface area contributed by atoms with Crippen LogP contribution in [0.2, 0.25) is 0 Å². The van der Waals surface area contributed by atoms with E-state index >= 15 is 0 Å². The highest BCUT2D eigenvalue weighted by molar-refractivity contribution is 5.67. The Balaban J connectivity index is 4.01. The number of hydrazine groups is 1. The van der Waals surface area contributed by atoms with Crippen LogP contribution >= 0.6 is 0 Å². The average molecular weight is 214 g/mol. The lowest BCUT2D eigenvalue weighted by Gasteiger charge is -2.24. The Hall–Kier alpha value is -1.03. The molecule has 0 aromatic heterocycles. The third-order valence-electron chi connectivity index (χ3n) is 1.87. The van der Waals surface area contributed by atoms with Gasteiger partial charge >= 0.3 is 6.09 Å². The van der Waals surface area contributed by atoms with Crippen molar-refractivity contribution in [1.29, 1.82) is 0 Å². The van der Waals surface area contributed by atoms with Gasteiger partial charge in [-0.25, -0.2) is 15.6 Å². The first kappa shape index (κ1) is 14.0. The van der Waals surface area contributed by atoms with E-state index in [1.54, 1.807) is 0 Å². The van der Waals surface area contributed by atoms with Crippen LogP contribution in [0, 0.1) is 0 Å². The van der Waals surface area contributed by atoms with Crippen molar-refractivity contribution < 1.29 is 9.53 Å². The lowest BCUT2D eigenvalue weighted by Crippen LogP contribution is -2.42. The fourth-order valence-corrected chi connectivity index (χ4v) is 0.853. The van der Waals surface area contributed by atoms with Crippen molar-refractivity contribution in [1.82, 2.24) is 5.01 Å². The molecule has 0 aliphatic carbocycles. The molecular weight excluding hydrogens is 192 g/mol. The van der Waals surface area contributed by atoms with Gasteiger partial charge in [-0.15, -0.1) is 0 Å². The van der Waals surface area contributed by atoms with Crippen LogP contribution in [-0.4, -0.2) is 23.2 Å². The Kier molecular flexibility index (Phi) is 5.36. The molecule has 0 bridgehead atoms. The number of hydrogen-bond donors (Lipinski definition) is 1. The molecular formula is C11H22N2O2. The predicted octanol–water partition coefficient (Wildman–Crippen LogP) is 2.45. The number of amides is 1. The Morgan fingerprint density at radius 3 is 2.40 bits per heavy atom. The fourth-order valence-electron chi connectivity index (χ4n) is 0.853. The number of nitrogens with two attached hydrogens (primary N) is 1. The summed E-state index contributed by atoms with van der Waals surface area (Å²) in [6, 6.07) is 0. The van der Waals surface area contributed by atoms with Crippen molar-refractivity contribution >= 4 is 6.09 Å². The molecule has 0 aliphatic heterocycles. The molecule has 88 valence electrons. The summed E-state index contributed by atoms with van der Waals surface area (Å²) in [4.78, 5) is 11.4. The molecule has 0 saturated carbocycles. The van der Waals surface area contributed by atoms with E-state index in [0.717, 1.165) is 11.4 Å². The summed E-state index contributed by atoms with van der Waals surface area (Å²) in [5.41, 5.74) is 0.707. The molecule has 4 heteroatoms. The van der Waals surface area contributed by atoms with E-state index in [9.17, 15) is 4.79 Å². The summed E-state index contributed by atoms with van der Waals surface area (Å²) in [5, 5.41) is 1.11. The smallest absolute Gasteiger partial charge is 0.424 e. The summed E-state index contributed by atoms with van der Waals surface area (Å²) >= 11 is 0. The summed E-state index contributed by atoms with van der Waals surface area (Å²) < 4.78 is 5.11. The average Bonchev–Trinajstić information content (AvgIpc) is 2.10. The van der Waals surface area contributed by atoms with Crippen molar-refractivity contribution in [2.45, 2.75) is 46.6 Å². The van der Waals surface area contributed by atoms with Gasteiger partial charge < -0.3 is 4.74 Å². The molecule has 15 heavy (non-hydrogen) atoms. The fraction of sp³-hybridized carbons (Fsp3) is 0.727. The molecule has 0 aliphatic rings. The van der Waals surface area contributed by atoms with Gasteiger partial charge in [0.15, 0.2) is 0 Å². The molecule has 0 heterocycles. The quantitative estimate of drug-likeness (QED) is 0.340. The maximum atomic E-state index is 11.4. The molecule has 0 saturated heterocycles. The van der Waals surface area contributed by atoms with Gasteiger partial charge in [-0.05, 0) is 41.0 Å². The van der Waals surface area contributed by atoms with Gasteiger partial charge in [-0.3, -0.25) is 0 Å². The van der Waals surface area contributed by atoms with Gasteiger partial charge in [0.2, 0.25) is 0 Å². The molecule has 2 N–H and O–H groups in total. The van der Waals surface area contributed by atoms with E-state index in [2.05, 4.69) is 0 Å². The second-order valence-corrected chi connectivity index (χ2v) is 4.56. The van der Waals surface area contributed by atoms with Crippen LogP contribution in [0.15, 0.2) is 11.6 Å². The van der Waals surface area contributed by atoms with Crippen molar-refractivity contribution in [2.75, 3.05) is 6.54 Å². The molecule has 0 spiro atoms. The highest BCUT2D eigenvalue weighted by Crippen LogP contribution is 2.09. The second kappa shape index (κ2) is 5.75. The van der Waals surface area contributed by atoms with Gasteiger partial charge in [0.1, 0.15) is 5.60 Å². The first-order chi connectivity index (χ1) is 6.76. The molecule has 0 fully saturated rings. The lowest BCUT2D eigenvalue weighted by atomic mass is 10.2. The van der Waals surface area contributed by atoms with Gasteiger partial charge in [-0.1, -0.05) is 11.6 Å². The zero-order valence-corrected chi connectivity index (χ0v) is 10.3. The molecule has 4 nitrogen and oxygen atoms in total. The van der Waals surface area contributed by atoms with Crippen LogP contribution in [0.4, 0.5) is 4.79 Å². The SMILES string of the molecule is C/C=C(/C)CCN(N)C(=O)OC(C)(C)C. The Morgan fingerprint density at radius 2 is 2.00 bits per heavy atom. The van der Waals surface area contributed by atoms with Crippen molar-refractivity contribution in [3.63, 3.8) is 0 Å². The summed E-state index contributed by atoms with van der Waals surface area (Å²) in [5.74, 6) is 5.56. The number of carbonyl (C=O) groups is 1. The topological polar surface area (TPSA) is 55.6 Å². The third-order valence-corrected chi connectivity index (χ3v) is 1.87. The zero-order chi connectivity index (χ0) is 12.1. The van der Waals surface area contributed by atoms with Gasteiger partial charge in [0.25, 0.3) is 0 Å². The summed E-state index contributed by atoms with van der Waals surface area (Å²) in [6.45, 7) is 9.89. The van der Waals surface area contributed by atoms with E-state index in [-0.39, 0.29) is 0 Å². The number of hydrogen-bond acceptors (Lipinski definition) is 3. The Morgan fingerprint density at radius 1 is 1.47 bits per heavy atom. The van der Waals surface area contributed by atoms with Crippen LogP contribution in [0.25, 0.3) is 0 Å². The van der Waals surface area contributed by atoms with E-state index in [1.807, 2.05) is 40.7 Å². The van der Waals surface area contributed by atoms with E-state index in [1.165, 1.54) is 5.57 Å². The van der Waals surface area contributed by atoms with Crippen LogP contribution < -0.4 is 5.84 Å². The second-order valence-electron chi connectivity index (χ2n) is 4.56. The summed E-state index contributed by atoms with van der Waals surface area (Å²) in [7, 11) is 0. The first-order valence-electron chi connectivity index (χ1n) is 5.13. The van der Waals surface area contributed by atoms with Crippen molar-refractivity contribution in [3.05, 3.63) is 11.6 Å². The Labute approximate surface area is 92.0 Å². The number of nitrogens with zero attached hydrogens (tertiary/aromatic N) is 1. The zero-order valence-electron chi connectivity index (χ0n) is 10.3. The predicted molar refractivity (Wildman–Crippen MR) is 61.2 cm³/mol. The lowest BCUT2D eigenvalue weighted by molar-refractivity contribution is 0.0250. The van der Waals surface area contributed by atoms with Crippen molar-refractivity contribution in [2.24, 2.45) is 5.84 Å². The minimum Gasteiger partial charge on any atom is -0.443 e. The maximum Gasteiger partial charge on any atom is 0.424 e. The molecule has 0 aromatic rings. The molecule has 0 unspecified atom stereocenters. The molecule has 0 atom stereocenters. The number of carbonyl (C=O) groups excluding carboxylic acids is 1. The number of allylic oxidation sites excluding steroid dienone is 1. The van der Waals surface area contributed by atoms with Crippen LogP contribution in [0.5, 0.6) is 0 Å². The van der Waals surface area contributed by atoms with Crippen LogP contribution in [-0.2, 0) is 4.74 Å². The first-order valence-corrected chi connectivity index (χ1v) is 5.13. The minimum atomic E-state index is -0.496. The number of rotatable bonds is 3. The molecule has 0 aromatic carbocycles. The summed E-state index contributed by atoms with van der Waals surface area (Å²) in [6.07, 6.45) is 2.29. The largest absolute Gasteiger partial charge is 0.443 e. The highest BCUT2D eigenvalue weighted by Gasteiger charge is 2.19.